The fraction of sp³-hybridized carbons (Fsp3) is 0.700. The molecule has 0 aromatic carbocycles. The van der Waals surface area contributed by atoms with Crippen LogP contribution < -0.4 is 5.32 Å². The third-order valence-electron chi connectivity index (χ3n) is 2.59. The van der Waals surface area contributed by atoms with Crippen molar-refractivity contribution in [3.63, 3.8) is 0 Å². The Balaban J connectivity index is 2.02. The first kappa shape index (κ1) is 11.4. The molecule has 0 saturated heterocycles. The number of aromatic nitrogens is 3. The Morgan fingerprint density at radius 2 is 2.44 bits per heavy atom. The minimum Gasteiger partial charge on any atom is -0.355 e. The van der Waals surface area contributed by atoms with Gasteiger partial charge in [-0.1, -0.05) is 11.8 Å². The smallest absolute Gasteiger partial charge is 0.157 e. The molecular weight excluding hydrogens is 222 g/mol. The van der Waals surface area contributed by atoms with Crippen LogP contribution in [0, 0.1) is 0 Å². The van der Waals surface area contributed by atoms with E-state index < -0.39 is 0 Å². The molecule has 5 nitrogen and oxygen atoms in total. The number of nitrogens with zero attached hydrogens (tertiary/aromatic N) is 4. The van der Waals surface area contributed by atoms with Gasteiger partial charge < -0.3 is 9.88 Å². The Labute approximate surface area is 99.7 Å². The van der Waals surface area contributed by atoms with Gasteiger partial charge in [-0.2, -0.15) is 0 Å². The van der Waals surface area contributed by atoms with E-state index in [1.54, 1.807) is 18.1 Å². The first-order chi connectivity index (χ1) is 7.66. The van der Waals surface area contributed by atoms with Crippen molar-refractivity contribution in [3.05, 3.63) is 12.2 Å². The summed E-state index contributed by atoms with van der Waals surface area (Å²) in [6.07, 6.45) is 2.88. The summed E-state index contributed by atoms with van der Waals surface area (Å²) >= 11 is 1.78. The van der Waals surface area contributed by atoms with Crippen LogP contribution in [0.1, 0.15) is 32.1 Å². The molecule has 88 valence electrons. The van der Waals surface area contributed by atoms with Gasteiger partial charge in [0.15, 0.2) is 11.0 Å². The lowest BCUT2D eigenvalue weighted by Gasteiger charge is -2.20. The van der Waals surface area contributed by atoms with Gasteiger partial charge in [0, 0.05) is 12.8 Å². The lowest BCUT2D eigenvalue weighted by Crippen LogP contribution is -2.29. The summed E-state index contributed by atoms with van der Waals surface area (Å²) in [5.74, 6) is 2.07. The highest BCUT2D eigenvalue weighted by Crippen LogP contribution is 2.18. The maximum Gasteiger partial charge on any atom is 0.157 e. The summed E-state index contributed by atoms with van der Waals surface area (Å²) < 4.78 is 1.93. The van der Waals surface area contributed by atoms with E-state index in [1.807, 2.05) is 11.6 Å². The monoisotopic (exact) mass is 239 g/mol. The van der Waals surface area contributed by atoms with Crippen LogP contribution in [-0.2, 0) is 7.05 Å². The molecule has 0 amide bonds. The van der Waals surface area contributed by atoms with Crippen molar-refractivity contribution in [2.75, 3.05) is 5.75 Å². The summed E-state index contributed by atoms with van der Waals surface area (Å²) in [5, 5.41) is 12.4. The molecule has 16 heavy (non-hydrogen) atoms. The molecule has 1 N–H and O–H groups in total. The van der Waals surface area contributed by atoms with Crippen LogP contribution in [0.3, 0.4) is 0 Å². The number of aryl methyl sites for hydroxylation is 1. The van der Waals surface area contributed by atoms with Gasteiger partial charge in [-0.25, -0.2) is 0 Å². The molecule has 2 atom stereocenters. The quantitative estimate of drug-likeness (QED) is 0.846. The van der Waals surface area contributed by atoms with Crippen LogP contribution in [0.5, 0.6) is 0 Å². The second-order valence-electron chi connectivity index (χ2n) is 4.09. The molecule has 2 rings (SSSR count). The zero-order valence-electron chi connectivity index (χ0n) is 9.84. The van der Waals surface area contributed by atoms with Gasteiger partial charge in [-0.05, 0) is 20.3 Å². The third-order valence-corrected chi connectivity index (χ3v) is 3.52. The summed E-state index contributed by atoms with van der Waals surface area (Å²) in [6, 6.07) is 0.569. The minimum absolute atomic E-state index is 0.143. The fourth-order valence-electron chi connectivity index (χ4n) is 1.64. The number of aliphatic imine (C=N–C) groups is 1. The van der Waals surface area contributed by atoms with Crippen molar-refractivity contribution < 1.29 is 0 Å². The van der Waals surface area contributed by atoms with E-state index in [4.69, 9.17) is 0 Å². The second kappa shape index (κ2) is 4.86. The standard InChI is InChI=1S/C10H17N5S/c1-7-4-5-16-10(12-7)13-8(2)9-14-11-6-15(9)3/h6-8H,4-5H2,1-3H3,(H,12,13). The van der Waals surface area contributed by atoms with Crippen LogP contribution >= 0.6 is 11.8 Å². The largest absolute Gasteiger partial charge is 0.355 e. The topological polar surface area (TPSA) is 55.1 Å². The molecule has 0 fully saturated rings. The summed E-state index contributed by atoms with van der Waals surface area (Å²) in [4.78, 5) is 4.57. The Morgan fingerprint density at radius 1 is 1.62 bits per heavy atom. The Bertz CT molecular complexity index is 386. The van der Waals surface area contributed by atoms with Gasteiger partial charge in [-0.15, -0.1) is 10.2 Å². The van der Waals surface area contributed by atoms with E-state index in [2.05, 4.69) is 34.4 Å². The first-order valence-electron chi connectivity index (χ1n) is 5.48. The molecule has 2 heterocycles. The van der Waals surface area contributed by atoms with E-state index >= 15 is 0 Å². The van der Waals surface area contributed by atoms with Crippen LogP contribution in [-0.4, -0.2) is 31.7 Å². The van der Waals surface area contributed by atoms with E-state index in [0.717, 1.165) is 23.2 Å². The molecule has 2 unspecified atom stereocenters. The van der Waals surface area contributed by atoms with Crippen LogP contribution in [0.25, 0.3) is 0 Å². The SMILES string of the molecule is CC1CCSC(NC(C)c2nncn2C)=N1. The molecule has 1 aliphatic rings. The average Bonchev–Trinajstić information content (AvgIpc) is 2.64. The summed E-state index contributed by atoms with van der Waals surface area (Å²) in [5.41, 5.74) is 0. The lowest BCUT2D eigenvalue weighted by atomic mass is 10.3. The van der Waals surface area contributed by atoms with Crippen LogP contribution in [0.2, 0.25) is 0 Å². The lowest BCUT2D eigenvalue weighted by molar-refractivity contribution is 0.621. The highest BCUT2D eigenvalue weighted by Gasteiger charge is 2.16. The molecule has 1 aromatic heterocycles. The van der Waals surface area contributed by atoms with E-state index in [0.29, 0.717) is 6.04 Å². The highest BCUT2D eigenvalue weighted by atomic mass is 32.2. The van der Waals surface area contributed by atoms with Crippen molar-refractivity contribution in [1.29, 1.82) is 0 Å². The fourth-order valence-corrected chi connectivity index (χ4v) is 2.81. The third kappa shape index (κ3) is 2.55. The number of thioether (sulfide) groups is 1. The molecular formula is C10H17N5S. The van der Waals surface area contributed by atoms with E-state index in [-0.39, 0.29) is 6.04 Å². The summed E-state index contributed by atoms with van der Waals surface area (Å²) in [7, 11) is 1.95. The number of hydrogen-bond donors (Lipinski definition) is 1. The predicted molar refractivity (Wildman–Crippen MR) is 66.5 cm³/mol. The molecule has 1 aromatic rings. The van der Waals surface area contributed by atoms with Gasteiger partial charge in [0.2, 0.25) is 0 Å². The van der Waals surface area contributed by atoms with Gasteiger partial charge in [-0.3, -0.25) is 4.99 Å². The van der Waals surface area contributed by atoms with E-state index in [9.17, 15) is 0 Å². The van der Waals surface area contributed by atoms with Gasteiger partial charge in [0.25, 0.3) is 0 Å². The number of amidine groups is 1. The Kier molecular flexibility index (Phi) is 3.48. The van der Waals surface area contributed by atoms with Crippen molar-refractivity contribution in [1.82, 2.24) is 20.1 Å². The number of nitrogens with one attached hydrogen (secondary N) is 1. The Hall–Kier alpha value is -1.04. The average molecular weight is 239 g/mol. The van der Waals surface area contributed by atoms with Gasteiger partial charge in [0.05, 0.1) is 12.1 Å². The van der Waals surface area contributed by atoms with Crippen molar-refractivity contribution in [3.8, 4) is 0 Å². The van der Waals surface area contributed by atoms with Crippen molar-refractivity contribution in [2.24, 2.45) is 12.0 Å². The molecule has 0 radical (unpaired) electrons. The zero-order valence-corrected chi connectivity index (χ0v) is 10.7. The van der Waals surface area contributed by atoms with E-state index in [1.165, 1.54) is 0 Å². The second-order valence-corrected chi connectivity index (χ2v) is 5.17. The molecule has 0 saturated carbocycles. The van der Waals surface area contributed by atoms with Crippen molar-refractivity contribution in [2.45, 2.75) is 32.4 Å². The minimum atomic E-state index is 0.143. The van der Waals surface area contributed by atoms with Crippen LogP contribution in [0.15, 0.2) is 11.3 Å². The molecule has 0 aliphatic carbocycles. The first-order valence-corrected chi connectivity index (χ1v) is 6.46. The highest BCUT2D eigenvalue weighted by molar-refractivity contribution is 8.13. The number of rotatable bonds is 2. The predicted octanol–water partition coefficient (Wildman–Crippen LogP) is 1.35. The summed E-state index contributed by atoms with van der Waals surface area (Å²) in [6.45, 7) is 4.22. The molecule has 6 heteroatoms. The van der Waals surface area contributed by atoms with Crippen LogP contribution in [0.4, 0.5) is 0 Å². The molecule has 0 bridgehead atoms. The van der Waals surface area contributed by atoms with Gasteiger partial charge >= 0.3 is 0 Å². The number of hydrogen-bond acceptors (Lipinski definition) is 5. The zero-order chi connectivity index (χ0) is 11.5. The maximum atomic E-state index is 4.57. The van der Waals surface area contributed by atoms with Gasteiger partial charge in [0.1, 0.15) is 6.33 Å². The molecule has 0 spiro atoms. The molecule has 1 aliphatic heterocycles. The maximum absolute atomic E-state index is 4.57. The Morgan fingerprint density at radius 3 is 3.06 bits per heavy atom. The normalized spacial score (nSPS) is 22.7. The van der Waals surface area contributed by atoms with Crippen molar-refractivity contribution >= 4 is 16.9 Å².